The third kappa shape index (κ3) is 3.82. The fraction of sp³-hybridized carbons (Fsp3) is 0.350. The number of imidazole rings is 1. The first kappa shape index (κ1) is 17.6. The third-order valence-corrected chi connectivity index (χ3v) is 4.82. The van der Waals surface area contributed by atoms with Crippen molar-refractivity contribution < 1.29 is 8.78 Å². The van der Waals surface area contributed by atoms with Crippen LogP contribution in [-0.4, -0.2) is 32.2 Å². The number of nitrogens with zero attached hydrogens (tertiary/aromatic N) is 4. The monoisotopic (exact) mass is 369 g/mol. The molecule has 2 aromatic heterocycles. The molecule has 4 rings (SSSR count). The largest absolute Gasteiger partial charge is 0.351 e. The van der Waals surface area contributed by atoms with Crippen molar-refractivity contribution >= 4 is 5.95 Å². The van der Waals surface area contributed by atoms with E-state index in [2.05, 4.69) is 20.3 Å². The fourth-order valence-corrected chi connectivity index (χ4v) is 3.16. The van der Waals surface area contributed by atoms with E-state index in [-0.39, 0.29) is 5.82 Å². The van der Waals surface area contributed by atoms with E-state index < -0.39 is 6.67 Å². The number of halogens is 2. The SMILES string of the molecule is FCCCn1cnc(-c2ccc(F)cc2)c1-c1ccnc(NC2CCC2)n1. The van der Waals surface area contributed by atoms with Crippen molar-refractivity contribution in [3.63, 3.8) is 0 Å². The standard InChI is InChI=1S/C20H21F2N5/c21-10-2-12-27-13-24-18(14-5-7-15(22)8-6-14)19(27)17-9-11-23-20(26-17)25-16-3-1-4-16/h5-9,11,13,16H,1-4,10,12H2,(H,23,25,26). The van der Waals surface area contributed by atoms with Crippen molar-refractivity contribution in [2.24, 2.45) is 0 Å². The highest BCUT2D eigenvalue weighted by Gasteiger charge is 2.20. The summed E-state index contributed by atoms with van der Waals surface area (Å²) < 4.78 is 27.9. The number of nitrogens with one attached hydrogen (secondary N) is 1. The molecule has 0 unspecified atom stereocenters. The zero-order chi connectivity index (χ0) is 18.6. The summed E-state index contributed by atoms with van der Waals surface area (Å²) >= 11 is 0. The average molecular weight is 369 g/mol. The maximum atomic E-state index is 13.3. The van der Waals surface area contributed by atoms with Gasteiger partial charge in [-0.2, -0.15) is 0 Å². The van der Waals surface area contributed by atoms with E-state index in [1.807, 2.05) is 10.6 Å². The molecule has 27 heavy (non-hydrogen) atoms. The molecule has 5 nitrogen and oxygen atoms in total. The highest BCUT2D eigenvalue weighted by molar-refractivity contribution is 5.77. The Morgan fingerprint density at radius 1 is 1.11 bits per heavy atom. The maximum Gasteiger partial charge on any atom is 0.223 e. The van der Waals surface area contributed by atoms with Gasteiger partial charge in [0.2, 0.25) is 5.95 Å². The molecule has 0 atom stereocenters. The Labute approximate surface area is 156 Å². The van der Waals surface area contributed by atoms with Crippen LogP contribution in [0.4, 0.5) is 14.7 Å². The van der Waals surface area contributed by atoms with Crippen molar-refractivity contribution in [1.82, 2.24) is 19.5 Å². The summed E-state index contributed by atoms with van der Waals surface area (Å²) in [6.07, 6.45) is 7.27. The van der Waals surface area contributed by atoms with Crippen molar-refractivity contribution in [1.29, 1.82) is 0 Å². The molecule has 140 valence electrons. The van der Waals surface area contributed by atoms with Crippen LogP contribution in [0.1, 0.15) is 25.7 Å². The number of alkyl halides is 1. The molecular formula is C20H21F2N5. The summed E-state index contributed by atoms with van der Waals surface area (Å²) in [6, 6.07) is 8.44. The van der Waals surface area contributed by atoms with Crippen LogP contribution in [0.5, 0.6) is 0 Å². The van der Waals surface area contributed by atoms with Gasteiger partial charge in [-0.05, 0) is 56.0 Å². The Kier molecular flexibility index (Phi) is 5.09. The van der Waals surface area contributed by atoms with Gasteiger partial charge in [0, 0.05) is 24.3 Å². The predicted octanol–water partition coefficient (Wildman–Crippen LogP) is 4.47. The molecule has 0 radical (unpaired) electrons. The van der Waals surface area contributed by atoms with Gasteiger partial charge >= 0.3 is 0 Å². The minimum Gasteiger partial charge on any atom is -0.351 e. The van der Waals surface area contributed by atoms with Crippen molar-refractivity contribution in [3.05, 3.63) is 48.7 Å². The van der Waals surface area contributed by atoms with Gasteiger partial charge in [-0.1, -0.05) is 0 Å². The van der Waals surface area contributed by atoms with Gasteiger partial charge in [0.1, 0.15) is 5.82 Å². The Morgan fingerprint density at radius 2 is 1.93 bits per heavy atom. The molecule has 1 fully saturated rings. The van der Waals surface area contributed by atoms with Crippen LogP contribution in [0.2, 0.25) is 0 Å². The third-order valence-electron chi connectivity index (χ3n) is 4.82. The van der Waals surface area contributed by atoms with E-state index in [4.69, 9.17) is 0 Å². The van der Waals surface area contributed by atoms with Gasteiger partial charge in [0.25, 0.3) is 0 Å². The van der Waals surface area contributed by atoms with Crippen molar-refractivity contribution in [2.75, 3.05) is 12.0 Å². The molecule has 2 heterocycles. The minimum atomic E-state index is -0.401. The van der Waals surface area contributed by atoms with Crippen LogP contribution < -0.4 is 5.32 Å². The molecule has 1 N–H and O–H groups in total. The fourth-order valence-electron chi connectivity index (χ4n) is 3.16. The Bertz CT molecular complexity index is 903. The van der Waals surface area contributed by atoms with Crippen molar-refractivity contribution in [2.45, 2.75) is 38.3 Å². The zero-order valence-corrected chi connectivity index (χ0v) is 14.9. The number of hydrogen-bond donors (Lipinski definition) is 1. The number of rotatable bonds is 7. The molecule has 0 spiro atoms. The number of benzene rings is 1. The smallest absolute Gasteiger partial charge is 0.223 e. The van der Waals surface area contributed by atoms with Gasteiger partial charge < -0.3 is 9.88 Å². The second kappa shape index (κ2) is 7.82. The summed E-state index contributed by atoms with van der Waals surface area (Å²) in [6.45, 7) is 0.0944. The van der Waals surface area contributed by atoms with E-state index in [1.165, 1.54) is 18.6 Å². The predicted molar refractivity (Wildman–Crippen MR) is 101 cm³/mol. The first-order chi connectivity index (χ1) is 13.2. The van der Waals surface area contributed by atoms with E-state index >= 15 is 0 Å². The summed E-state index contributed by atoms with van der Waals surface area (Å²) in [5.74, 6) is 0.284. The van der Waals surface area contributed by atoms with Gasteiger partial charge in [-0.15, -0.1) is 0 Å². The Balaban J connectivity index is 1.73. The first-order valence-electron chi connectivity index (χ1n) is 9.21. The van der Waals surface area contributed by atoms with Crippen LogP contribution in [0.15, 0.2) is 42.9 Å². The topological polar surface area (TPSA) is 55.6 Å². The number of aromatic nitrogens is 4. The van der Waals surface area contributed by atoms with E-state index in [0.717, 1.165) is 24.1 Å². The number of aryl methyl sites for hydroxylation is 1. The van der Waals surface area contributed by atoms with E-state index in [1.54, 1.807) is 24.7 Å². The van der Waals surface area contributed by atoms with E-state index in [0.29, 0.717) is 36.3 Å². The van der Waals surface area contributed by atoms with Gasteiger partial charge in [0.05, 0.1) is 30.1 Å². The molecular weight excluding hydrogens is 348 g/mol. The molecule has 0 saturated heterocycles. The molecule has 1 saturated carbocycles. The second-order valence-electron chi connectivity index (χ2n) is 6.72. The first-order valence-corrected chi connectivity index (χ1v) is 9.21. The highest BCUT2D eigenvalue weighted by atomic mass is 19.1. The molecule has 0 aliphatic heterocycles. The quantitative estimate of drug-likeness (QED) is 0.668. The molecule has 3 aromatic rings. The maximum absolute atomic E-state index is 13.3. The molecule has 1 aromatic carbocycles. The van der Waals surface area contributed by atoms with Crippen molar-refractivity contribution in [3.8, 4) is 22.6 Å². The van der Waals surface area contributed by atoms with Crippen LogP contribution >= 0.6 is 0 Å². The summed E-state index contributed by atoms with van der Waals surface area (Å²) in [4.78, 5) is 13.5. The summed E-state index contributed by atoms with van der Waals surface area (Å²) in [5, 5.41) is 3.35. The average Bonchev–Trinajstić information content (AvgIpc) is 3.08. The van der Waals surface area contributed by atoms with Crippen LogP contribution in [0, 0.1) is 5.82 Å². The Morgan fingerprint density at radius 3 is 2.63 bits per heavy atom. The lowest BCUT2D eigenvalue weighted by Crippen LogP contribution is -2.28. The number of hydrogen-bond acceptors (Lipinski definition) is 4. The molecule has 1 aliphatic rings. The van der Waals surface area contributed by atoms with E-state index in [9.17, 15) is 8.78 Å². The lowest BCUT2D eigenvalue weighted by molar-refractivity contribution is 0.443. The number of anilines is 1. The molecule has 0 amide bonds. The molecule has 0 bridgehead atoms. The van der Waals surface area contributed by atoms with Gasteiger partial charge in [-0.25, -0.2) is 19.3 Å². The molecule has 1 aliphatic carbocycles. The second-order valence-corrected chi connectivity index (χ2v) is 6.72. The van der Waals surface area contributed by atoms with Crippen LogP contribution in [0.3, 0.4) is 0 Å². The highest BCUT2D eigenvalue weighted by Crippen LogP contribution is 2.31. The molecule has 7 heteroatoms. The summed E-state index contributed by atoms with van der Waals surface area (Å²) in [5.41, 5.74) is 2.98. The van der Waals surface area contributed by atoms with Crippen LogP contribution in [-0.2, 0) is 6.54 Å². The minimum absolute atomic E-state index is 0.300. The van der Waals surface area contributed by atoms with Gasteiger partial charge in [-0.3, -0.25) is 4.39 Å². The summed E-state index contributed by atoms with van der Waals surface area (Å²) in [7, 11) is 0. The van der Waals surface area contributed by atoms with Crippen LogP contribution in [0.25, 0.3) is 22.6 Å². The zero-order valence-electron chi connectivity index (χ0n) is 14.9. The Hall–Kier alpha value is -2.83. The lowest BCUT2D eigenvalue weighted by Gasteiger charge is -2.26. The lowest BCUT2D eigenvalue weighted by atomic mass is 9.93. The van der Waals surface area contributed by atoms with Gasteiger partial charge in [0.15, 0.2) is 0 Å². The normalized spacial score (nSPS) is 14.1.